The molecule has 0 radical (unpaired) electrons. The summed E-state index contributed by atoms with van der Waals surface area (Å²) >= 11 is 0. The Morgan fingerprint density at radius 2 is 2.28 bits per heavy atom. The van der Waals surface area contributed by atoms with Crippen molar-refractivity contribution < 1.29 is 19.2 Å². The van der Waals surface area contributed by atoms with Gasteiger partial charge in [-0.2, -0.15) is 0 Å². The maximum Gasteiger partial charge on any atom is 0.276 e. The van der Waals surface area contributed by atoms with Crippen molar-refractivity contribution in [2.75, 3.05) is 19.7 Å². The zero-order chi connectivity index (χ0) is 17.4. The zero-order valence-corrected chi connectivity index (χ0v) is 14.3. The number of aryl methyl sites for hydroxylation is 1. The molecule has 2 fully saturated rings. The molecular formula is C19H22N2O4. The van der Waals surface area contributed by atoms with Gasteiger partial charge in [0.15, 0.2) is 5.69 Å². The highest BCUT2D eigenvalue weighted by Gasteiger charge is 2.40. The van der Waals surface area contributed by atoms with E-state index in [4.69, 9.17) is 9.26 Å². The lowest BCUT2D eigenvalue weighted by molar-refractivity contribution is 0.00419. The zero-order valence-electron chi connectivity index (χ0n) is 14.3. The van der Waals surface area contributed by atoms with Crippen LogP contribution in [0, 0.1) is 6.92 Å². The number of carbonyl (C=O) groups is 1. The van der Waals surface area contributed by atoms with Crippen LogP contribution in [0.3, 0.4) is 0 Å². The van der Waals surface area contributed by atoms with Crippen LogP contribution in [0.1, 0.15) is 47.0 Å². The van der Waals surface area contributed by atoms with E-state index < -0.39 is 5.60 Å². The smallest absolute Gasteiger partial charge is 0.276 e. The van der Waals surface area contributed by atoms with Crippen LogP contribution in [0.15, 0.2) is 34.9 Å². The largest absolute Gasteiger partial charge is 0.491 e. The minimum atomic E-state index is -1.04. The summed E-state index contributed by atoms with van der Waals surface area (Å²) in [4.78, 5) is 14.2. The quantitative estimate of drug-likeness (QED) is 0.903. The van der Waals surface area contributed by atoms with Gasteiger partial charge in [-0.05, 0) is 43.9 Å². The van der Waals surface area contributed by atoms with Crippen molar-refractivity contribution >= 4 is 5.91 Å². The standard InChI is InChI=1S/C19H22N2O4/c1-13-3-2-4-15(9-13)24-12-19(23)7-8-21(11-19)18(22)16-10-17(25-20-16)14-5-6-14/h2-4,9-10,14,23H,5-8,11-12H2,1H3/t19-/m1/s1. The monoisotopic (exact) mass is 342 g/mol. The molecule has 4 rings (SSSR count). The molecule has 1 atom stereocenters. The third kappa shape index (κ3) is 3.54. The molecule has 6 heteroatoms. The first-order valence-electron chi connectivity index (χ1n) is 8.70. The maximum atomic E-state index is 12.6. The fourth-order valence-corrected chi connectivity index (χ4v) is 3.18. The van der Waals surface area contributed by atoms with Gasteiger partial charge in [0, 0.05) is 18.5 Å². The van der Waals surface area contributed by atoms with Crippen LogP contribution in [0.25, 0.3) is 0 Å². The normalized spacial score (nSPS) is 23.0. The van der Waals surface area contributed by atoms with E-state index in [1.165, 1.54) is 0 Å². The molecule has 2 aromatic rings. The minimum absolute atomic E-state index is 0.159. The molecule has 0 bridgehead atoms. The van der Waals surface area contributed by atoms with Crippen molar-refractivity contribution in [1.29, 1.82) is 0 Å². The molecule has 1 N–H and O–H groups in total. The van der Waals surface area contributed by atoms with E-state index in [-0.39, 0.29) is 19.1 Å². The average molecular weight is 342 g/mol. The SMILES string of the molecule is Cc1cccc(OC[C@@]2(O)CCN(C(=O)c3cc(C4CC4)on3)C2)c1. The molecule has 0 spiro atoms. The number of likely N-dealkylation sites (tertiary alicyclic amines) is 1. The molecule has 2 aliphatic rings. The van der Waals surface area contributed by atoms with Crippen LogP contribution in [0.5, 0.6) is 5.75 Å². The lowest BCUT2D eigenvalue weighted by atomic mass is 10.1. The van der Waals surface area contributed by atoms with Gasteiger partial charge in [0.25, 0.3) is 5.91 Å². The van der Waals surface area contributed by atoms with Gasteiger partial charge in [-0.25, -0.2) is 0 Å². The molecule has 0 unspecified atom stereocenters. The van der Waals surface area contributed by atoms with Gasteiger partial charge in [-0.1, -0.05) is 17.3 Å². The average Bonchev–Trinajstić information content (AvgIpc) is 3.19. The maximum absolute atomic E-state index is 12.6. The van der Waals surface area contributed by atoms with Gasteiger partial charge in [0.2, 0.25) is 0 Å². The van der Waals surface area contributed by atoms with E-state index in [9.17, 15) is 9.90 Å². The lowest BCUT2D eigenvalue weighted by Crippen LogP contribution is -2.40. The summed E-state index contributed by atoms with van der Waals surface area (Å²) < 4.78 is 11.0. The third-order valence-electron chi connectivity index (χ3n) is 4.84. The van der Waals surface area contributed by atoms with Crippen LogP contribution in [0.2, 0.25) is 0 Å². The fourth-order valence-electron chi connectivity index (χ4n) is 3.18. The summed E-state index contributed by atoms with van der Waals surface area (Å²) in [5, 5.41) is 14.6. The Balaban J connectivity index is 1.36. The molecule has 1 amide bonds. The molecule has 1 saturated carbocycles. The van der Waals surface area contributed by atoms with Crippen LogP contribution < -0.4 is 4.74 Å². The number of aliphatic hydroxyl groups is 1. The van der Waals surface area contributed by atoms with Gasteiger partial charge in [0.1, 0.15) is 23.7 Å². The van der Waals surface area contributed by atoms with E-state index in [1.54, 1.807) is 11.0 Å². The second-order valence-electron chi connectivity index (χ2n) is 7.20. The molecule has 1 saturated heterocycles. The van der Waals surface area contributed by atoms with Crippen molar-refractivity contribution in [3.8, 4) is 5.75 Å². The predicted octanol–water partition coefficient (Wildman–Crippen LogP) is 2.52. The third-order valence-corrected chi connectivity index (χ3v) is 4.84. The topological polar surface area (TPSA) is 75.8 Å². The van der Waals surface area contributed by atoms with Gasteiger partial charge >= 0.3 is 0 Å². The highest BCUT2D eigenvalue weighted by Crippen LogP contribution is 2.40. The molecule has 1 aliphatic heterocycles. The number of β-amino-alcohol motifs (C(OH)–C–C–N with tert-alkyl or cyclic N) is 1. The van der Waals surface area contributed by atoms with Crippen LogP contribution in [-0.2, 0) is 0 Å². The van der Waals surface area contributed by atoms with Crippen molar-refractivity contribution in [3.63, 3.8) is 0 Å². The van der Waals surface area contributed by atoms with E-state index in [0.717, 1.165) is 29.9 Å². The number of hydrogen-bond acceptors (Lipinski definition) is 5. The number of aromatic nitrogens is 1. The summed E-state index contributed by atoms with van der Waals surface area (Å²) in [5.74, 6) is 1.75. The Hall–Kier alpha value is -2.34. The van der Waals surface area contributed by atoms with E-state index in [1.807, 2.05) is 31.2 Å². The first kappa shape index (κ1) is 16.1. The van der Waals surface area contributed by atoms with E-state index in [2.05, 4.69) is 5.16 Å². The molecule has 1 aromatic carbocycles. The van der Waals surface area contributed by atoms with E-state index in [0.29, 0.717) is 24.6 Å². The molecule has 132 valence electrons. The Morgan fingerprint density at radius 3 is 3.04 bits per heavy atom. The Morgan fingerprint density at radius 1 is 1.44 bits per heavy atom. The minimum Gasteiger partial charge on any atom is -0.491 e. The second-order valence-corrected chi connectivity index (χ2v) is 7.20. The summed E-state index contributed by atoms with van der Waals surface area (Å²) in [5.41, 5.74) is 0.388. The van der Waals surface area contributed by atoms with Gasteiger partial charge in [-0.3, -0.25) is 4.79 Å². The first-order chi connectivity index (χ1) is 12.0. The summed E-state index contributed by atoms with van der Waals surface area (Å²) in [7, 11) is 0. The van der Waals surface area contributed by atoms with Crippen molar-refractivity contribution in [2.24, 2.45) is 0 Å². The fraction of sp³-hybridized carbons (Fsp3) is 0.474. The van der Waals surface area contributed by atoms with Gasteiger partial charge < -0.3 is 19.3 Å². The van der Waals surface area contributed by atoms with Crippen molar-refractivity contribution in [1.82, 2.24) is 10.1 Å². The number of nitrogens with zero attached hydrogens (tertiary/aromatic N) is 2. The second kappa shape index (κ2) is 6.19. The predicted molar refractivity (Wildman–Crippen MR) is 90.6 cm³/mol. The Kier molecular flexibility index (Phi) is 4.00. The number of ether oxygens (including phenoxy) is 1. The highest BCUT2D eigenvalue weighted by atomic mass is 16.5. The summed E-state index contributed by atoms with van der Waals surface area (Å²) in [6.07, 6.45) is 2.68. The highest BCUT2D eigenvalue weighted by molar-refractivity contribution is 5.92. The summed E-state index contributed by atoms with van der Waals surface area (Å²) in [6, 6.07) is 9.44. The molecule has 1 aliphatic carbocycles. The van der Waals surface area contributed by atoms with E-state index >= 15 is 0 Å². The Bertz CT molecular complexity index is 783. The molecule has 6 nitrogen and oxygen atoms in total. The summed E-state index contributed by atoms with van der Waals surface area (Å²) in [6.45, 7) is 2.87. The van der Waals surface area contributed by atoms with Crippen molar-refractivity contribution in [2.45, 2.75) is 37.7 Å². The number of rotatable bonds is 5. The van der Waals surface area contributed by atoms with Crippen molar-refractivity contribution in [3.05, 3.63) is 47.3 Å². The molecular weight excluding hydrogens is 320 g/mol. The van der Waals surface area contributed by atoms with Gasteiger partial charge in [0.05, 0.1) is 6.54 Å². The van der Waals surface area contributed by atoms with Gasteiger partial charge in [-0.15, -0.1) is 0 Å². The number of amides is 1. The molecule has 1 aromatic heterocycles. The van der Waals surface area contributed by atoms with Crippen LogP contribution in [0.4, 0.5) is 0 Å². The number of carbonyl (C=O) groups excluding carboxylic acids is 1. The Labute approximate surface area is 146 Å². The number of hydrogen-bond donors (Lipinski definition) is 1. The number of benzene rings is 1. The first-order valence-corrected chi connectivity index (χ1v) is 8.70. The van der Waals surface area contributed by atoms with Crippen LogP contribution in [-0.4, -0.2) is 46.4 Å². The molecule has 25 heavy (non-hydrogen) atoms. The van der Waals surface area contributed by atoms with Crippen LogP contribution >= 0.6 is 0 Å². The molecule has 2 heterocycles. The lowest BCUT2D eigenvalue weighted by Gasteiger charge is -2.23.